The number of hydrogen-bond donors (Lipinski definition) is 1. The normalized spacial score (nSPS) is 11.6. The third kappa shape index (κ3) is 3.49. The summed E-state index contributed by atoms with van der Waals surface area (Å²) in [5, 5.41) is 6.78. The number of benzene rings is 1. The second-order valence-electron chi connectivity index (χ2n) is 5.03. The summed E-state index contributed by atoms with van der Waals surface area (Å²) in [6.45, 7) is 3.94. The molecule has 0 aliphatic heterocycles. The molecule has 0 radical (unpaired) electrons. The lowest BCUT2D eigenvalue weighted by molar-refractivity contribution is 0.102. The van der Waals surface area contributed by atoms with E-state index in [-0.39, 0.29) is 16.5 Å². The molecule has 6 nitrogen and oxygen atoms in total. The van der Waals surface area contributed by atoms with E-state index in [1.165, 1.54) is 18.3 Å². The van der Waals surface area contributed by atoms with Gasteiger partial charge in [-0.15, -0.1) is 0 Å². The number of sulfone groups is 1. The summed E-state index contributed by atoms with van der Waals surface area (Å²) in [4.78, 5) is 12.3. The van der Waals surface area contributed by atoms with Crippen molar-refractivity contribution in [3.8, 4) is 0 Å². The van der Waals surface area contributed by atoms with E-state index in [4.69, 9.17) is 0 Å². The highest BCUT2D eigenvalue weighted by atomic mass is 32.2. The summed E-state index contributed by atoms with van der Waals surface area (Å²) in [6.07, 6.45) is 4.31. The van der Waals surface area contributed by atoms with Gasteiger partial charge in [0.1, 0.15) is 0 Å². The molecule has 1 aromatic carbocycles. The first-order valence-corrected chi connectivity index (χ1v) is 8.33. The zero-order chi connectivity index (χ0) is 15.6. The minimum Gasteiger partial charge on any atom is -0.319 e. The molecule has 0 atom stereocenters. The zero-order valence-electron chi connectivity index (χ0n) is 12.1. The van der Waals surface area contributed by atoms with Gasteiger partial charge in [0.05, 0.1) is 22.3 Å². The van der Waals surface area contributed by atoms with Crippen molar-refractivity contribution in [3.63, 3.8) is 0 Å². The van der Waals surface area contributed by atoms with Crippen LogP contribution in [0.25, 0.3) is 0 Å². The third-order valence-corrected chi connectivity index (χ3v) is 4.07. The molecule has 0 saturated heterocycles. The van der Waals surface area contributed by atoms with E-state index in [0.717, 1.165) is 6.26 Å². The summed E-state index contributed by atoms with van der Waals surface area (Å²) in [6, 6.07) is 6.30. The number of aromatic nitrogens is 2. The highest BCUT2D eigenvalue weighted by Crippen LogP contribution is 2.17. The standard InChI is InChI=1S/C14H17N3O3S/c1-10(2)17-9-11(8-15-17)16-14(18)12-6-4-5-7-13(12)21(3,19)20/h4-10H,1-3H3,(H,16,18). The molecule has 1 heterocycles. The van der Waals surface area contributed by atoms with Crippen LogP contribution in [0.3, 0.4) is 0 Å². The van der Waals surface area contributed by atoms with Gasteiger partial charge in [-0.3, -0.25) is 9.48 Å². The van der Waals surface area contributed by atoms with Crippen LogP contribution in [0.5, 0.6) is 0 Å². The van der Waals surface area contributed by atoms with Crippen LogP contribution in [0.15, 0.2) is 41.6 Å². The number of hydrogen-bond acceptors (Lipinski definition) is 4. The molecule has 0 aliphatic carbocycles. The van der Waals surface area contributed by atoms with Crippen LogP contribution in [0.4, 0.5) is 5.69 Å². The van der Waals surface area contributed by atoms with Crippen molar-refractivity contribution in [2.75, 3.05) is 11.6 Å². The fourth-order valence-electron chi connectivity index (χ4n) is 1.86. The van der Waals surface area contributed by atoms with Crippen molar-refractivity contribution in [1.29, 1.82) is 0 Å². The fourth-order valence-corrected chi connectivity index (χ4v) is 2.75. The lowest BCUT2D eigenvalue weighted by atomic mass is 10.2. The molecule has 2 rings (SSSR count). The zero-order valence-corrected chi connectivity index (χ0v) is 12.9. The maximum atomic E-state index is 12.2. The number of amides is 1. The summed E-state index contributed by atoms with van der Waals surface area (Å²) >= 11 is 0. The first-order chi connectivity index (χ1) is 9.79. The Morgan fingerprint density at radius 1 is 1.29 bits per heavy atom. The third-order valence-electron chi connectivity index (χ3n) is 2.92. The molecule has 0 aliphatic rings. The van der Waals surface area contributed by atoms with Gasteiger partial charge >= 0.3 is 0 Å². The molecule has 0 fully saturated rings. The van der Waals surface area contributed by atoms with Crippen LogP contribution in [-0.2, 0) is 9.84 Å². The van der Waals surface area contributed by atoms with Gasteiger partial charge in [-0.25, -0.2) is 8.42 Å². The number of carbonyl (C=O) groups excluding carboxylic acids is 1. The van der Waals surface area contributed by atoms with E-state index in [1.807, 2.05) is 13.8 Å². The number of anilines is 1. The fraction of sp³-hybridized carbons (Fsp3) is 0.286. The molecule has 1 amide bonds. The highest BCUT2D eigenvalue weighted by Gasteiger charge is 2.18. The Hall–Kier alpha value is -2.15. The number of nitrogens with one attached hydrogen (secondary N) is 1. The molecule has 7 heteroatoms. The molecule has 0 bridgehead atoms. The first-order valence-electron chi connectivity index (χ1n) is 6.43. The predicted octanol–water partition coefficient (Wildman–Crippen LogP) is 2.12. The van der Waals surface area contributed by atoms with Gasteiger partial charge < -0.3 is 5.32 Å². The maximum absolute atomic E-state index is 12.2. The van der Waals surface area contributed by atoms with Crippen LogP contribution < -0.4 is 5.32 Å². The average molecular weight is 307 g/mol. The van der Waals surface area contributed by atoms with Gasteiger partial charge in [-0.05, 0) is 26.0 Å². The molecule has 0 spiro atoms. The lowest BCUT2D eigenvalue weighted by Crippen LogP contribution is -2.15. The minimum atomic E-state index is -3.46. The number of nitrogens with zero attached hydrogens (tertiary/aromatic N) is 2. The molecule has 21 heavy (non-hydrogen) atoms. The van der Waals surface area contributed by atoms with E-state index in [1.54, 1.807) is 23.0 Å². The second kappa shape index (κ2) is 5.69. The van der Waals surface area contributed by atoms with Crippen LogP contribution >= 0.6 is 0 Å². The van der Waals surface area contributed by atoms with Gasteiger partial charge in [0, 0.05) is 18.5 Å². The Morgan fingerprint density at radius 2 is 1.95 bits per heavy atom. The Bertz CT molecular complexity index is 763. The summed E-state index contributed by atoms with van der Waals surface area (Å²) in [7, 11) is -3.46. The van der Waals surface area contributed by atoms with Crippen molar-refractivity contribution < 1.29 is 13.2 Å². The predicted molar refractivity (Wildman–Crippen MR) is 80.1 cm³/mol. The van der Waals surface area contributed by atoms with Crippen LogP contribution in [-0.4, -0.2) is 30.4 Å². The summed E-state index contributed by atoms with van der Waals surface area (Å²) in [5.41, 5.74) is 0.648. The largest absolute Gasteiger partial charge is 0.319 e. The number of rotatable bonds is 4. The van der Waals surface area contributed by atoms with Crippen LogP contribution in [0.1, 0.15) is 30.2 Å². The van der Waals surface area contributed by atoms with Crippen molar-refractivity contribution >= 4 is 21.4 Å². The molecular weight excluding hydrogens is 290 g/mol. The topological polar surface area (TPSA) is 81.1 Å². The summed E-state index contributed by atoms with van der Waals surface area (Å²) in [5.74, 6) is -0.473. The molecule has 0 saturated carbocycles. The van der Waals surface area contributed by atoms with Gasteiger partial charge in [0.15, 0.2) is 9.84 Å². The van der Waals surface area contributed by atoms with Crippen molar-refractivity contribution in [1.82, 2.24) is 9.78 Å². The molecule has 0 unspecified atom stereocenters. The molecular formula is C14H17N3O3S. The second-order valence-corrected chi connectivity index (χ2v) is 7.01. The monoisotopic (exact) mass is 307 g/mol. The molecule has 2 aromatic rings. The van der Waals surface area contributed by atoms with Crippen LogP contribution in [0.2, 0.25) is 0 Å². The molecule has 112 valence electrons. The quantitative estimate of drug-likeness (QED) is 0.938. The Kier molecular flexibility index (Phi) is 4.13. The smallest absolute Gasteiger partial charge is 0.257 e. The SMILES string of the molecule is CC(C)n1cc(NC(=O)c2ccccc2S(C)(=O)=O)cn1. The Balaban J connectivity index is 2.29. The maximum Gasteiger partial charge on any atom is 0.257 e. The Morgan fingerprint density at radius 3 is 2.52 bits per heavy atom. The van der Waals surface area contributed by atoms with Crippen molar-refractivity contribution in [3.05, 3.63) is 42.2 Å². The van der Waals surface area contributed by atoms with E-state index in [9.17, 15) is 13.2 Å². The minimum absolute atomic E-state index is 0.0127. The first kappa shape index (κ1) is 15.2. The molecule has 1 N–H and O–H groups in total. The Labute approximate surface area is 123 Å². The van der Waals surface area contributed by atoms with Crippen molar-refractivity contribution in [2.24, 2.45) is 0 Å². The van der Waals surface area contributed by atoms with Crippen LogP contribution in [0, 0.1) is 0 Å². The summed E-state index contributed by atoms with van der Waals surface area (Å²) < 4.78 is 25.1. The van der Waals surface area contributed by atoms with Gasteiger partial charge in [0.2, 0.25) is 0 Å². The average Bonchev–Trinajstić information content (AvgIpc) is 2.86. The highest BCUT2D eigenvalue weighted by molar-refractivity contribution is 7.90. The number of carbonyl (C=O) groups is 1. The van der Waals surface area contributed by atoms with E-state index >= 15 is 0 Å². The van der Waals surface area contributed by atoms with Gasteiger partial charge in [0.25, 0.3) is 5.91 Å². The van der Waals surface area contributed by atoms with E-state index in [0.29, 0.717) is 5.69 Å². The van der Waals surface area contributed by atoms with Crippen molar-refractivity contribution in [2.45, 2.75) is 24.8 Å². The molecule has 1 aromatic heterocycles. The van der Waals surface area contributed by atoms with Gasteiger partial charge in [-0.2, -0.15) is 5.10 Å². The van der Waals surface area contributed by atoms with E-state index in [2.05, 4.69) is 10.4 Å². The van der Waals surface area contributed by atoms with Gasteiger partial charge in [-0.1, -0.05) is 12.1 Å². The van der Waals surface area contributed by atoms with E-state index < -0.39 is 15.7 Å². The lowest BCUT2D eigenvalue weighted by Gasteiger charge is -2.07.